The normalized spacial score (nSPS) is 14.9. The number of carbonyl (C=O) groups excluding carboxylic acids is 2. The van der Waals surface area contributed by atoms with Crippen LogP contribution in [0.25, 0.3) is 22.2 Å². The van der Waals surface area contributed by atoms with Crippen molar-refractivity contribution in [3.8, 4) is 11.3 Å². The molecule has 4 aromatic carbocycles. The average molecular weight is 540 g/mol. The second-order valence-corrected chi connectivity index (χ2v) is 9.75. The lowest BCUT2D eigenvalue weighted by Gasteiger charge is -2.26. The number of carbonyl (C=O) groups is 2. The van der Waals surface area contributed by atoms with Gasteiger partial charge in [0.25, 0.3) is 5.91 Å². The molecule has 1 N–H and O–H groups in total. The molecule has 0 fully saturated rings. The Balaban J connectivity index is 1.45. The molecule has 1 atom stereocenters. The van der Waals surface area contributed by atoms with Gasteiger partial charge in [-0.15, -0.1) is 0 Å². The number of fused-ring (bicyclic) bond motifs is 2. The van der Waals surface area contributed by atoms with E-state index in [0.29, 0.717) is 5.56 Å². The zero-order valence-corrected chi connectivity index (χ0v) is 21.4. The number of alkyl halides is 3. The molecular formula is C32H24F3N3O2. The van der Waals surface area contributed by atoms with Crippen LogP contribution in [0.1, 0.15) is 33.1 Å². The number of aryl methyl sites for hydroxylation is 1. The van der Waals surface area contributed by atoms with Gasteiger partial charge >= 0.3 is 6.18 Å². The van der Waals surface area contributed by atoms with Crippen LogP contribution in [0, 0.1) is 0 Å². The molecule has 200 valence electrons. The monoisotopic (exact) mass is 539 g/mol. The number of benzene rings is 4. The second kappa shape index (κ2) is 9.72. The molecule has 1 unspecified atom stereocenters. The van der Waals surface area contributed by atoms with Crippen molar-refractivity contribution < 1.29 is 22.8 Å². The minimum absolute atomic E-state index is 0.00988. The van der Waals surface area contributed by atoms with Crippen molar-refractivity contribution in [3.05, 3.63) is 125 Å². The highest BCUT2D eigenvalue weighted by atomic mass is 19.4. The Labute approximate surface area is 228 Å². The highest BCUT2D eigenvalue weighted by Crippen LogP contribution is 2.46. The Morgan fingerprint density at radius 2 is 1.57 bits per heavy atom. The van der Waals surface area contributed by atoms with Gasteiger partial charge in [-0.2, -0.15) is 13.2 Å². The maximum Gasteiger partial charge on any atom is 0.416 e. The number of hydrogen-bond acceptors (Lipinski definition) is 2. The molecule has 40 heavy (non-hydrogen) atoms. The van der Waals surface area contributed by atoms with E-state index in [-0.39, 0.29) is 18.1 Å². The zero-order valence-electron chi connectivity index (χ0n) is 21.4. The van der Waals surface area contributed by atoms with Gasteiger partial charge in [0.2, 0.25) is 5.91 Å². The molecular weight excluding hydrogens is 515 g/mol. The van der Waals surface area contributed by atoms with E-state index in [1.54, 1.807) is 12.1 Å². The van der Waals surface area contributed by atoms with Crippen LogP contribution in [0.15, 0.2) is 103 Å². The molecule has 0 aliphatic carbocycles. The molecule has 0 bridgehead atoms. The lowest BCUT2D eigenvalue weighted by atomic mass is 9.93. The van der Waals surface area contributed by atoms with Gasteiger partial charge in [-0.05, 0) is 41.5 Å². The Hall–Kier alpha value is -4.85. The third-order valence-electron chi connectivity index (χ3n) is 7.31. The number of nitrogens with zero attached hydrogens (tertiary/aromatic N) is 2. The maximum atomic E-state index is 13.7. The molecule has 1 aliphatic heterocycles. The van der Waals surface area contributed by atoms with E-state index in [1.807, 2.05) is 73.8 Å². The quantitative estimate of drug-likeness (QED) is 0.260. The van der Waals surface area contributed by atoms with Crippen molar-refractivity contribution in [1.29, 1.82) is 0 Å². The summed E-state index contributed by atoms with van der Waals surface area (Å²) in [6, 6.07) is 28.9. The maximum absolute atomic E-state index is 13.7. The summed E-state index contributed by atoms with van der Waals surface area (Å²) < 4.78 is 41.7. The highest BCUT2D eigenvalue weighted by Gasteiger charge is 2.41. The minimum atomic E-state index is -4.54. The van der Waals surface area contributed by atoms with E-state index in [0.717, 1.165) is 45.4 Å². The van der Waals surface area contributed by atoms with Gasteiger partial charge in [0.15, 0.2) is 0 Å². The molecule has 0 radical (unpaired) electrons. The third kappa shape index (κ3) is 4.31. The van der Waals surface area contributed by atoms with Crippen molar-refractivity contribution in [3.63, 3.8) is 0 Å². The summed E-state index contributed by atoms with van der Waals surface area (Å²) >= 11 is 0. The molecule has 8 heteroatoms. The number of nitrogens with one attached hydrogen (secondary N) is 1. The van der Waals surface area contributed by atoms with Crippen LogP contribution >= 0.6 is 0 Å². The van der Waals surface area contributed by atoms with E-state index in [9.17, 15) is 22.8 Å². The Bertz CT molecular complexity index is 1760. The zero-order chi connectivity index (χ0) is 28.0. The van der Waals surface area contributed by atoms with E-state index < -0.39 is 23.7 Å². The summed E-state index contributed by atoms with van der Waals surface area (Å²) in [5, 5.41) is 3.50. The average Bonchev–Trinajstić information content (AvgIpc) is 3.39. The Morgan fingerprint density at radius 3 is 2.35 bits per heavy atom. The predicted octanol–water partition coefficient (Wildman–Crippen LogP) is 7.05. The van der Waals surface area contributed by atoms with E-state index in [4.69, 9.17) is 0 Å². The Morgan fingerprint density at radius 1 is 0.875 bits per heavy atom. The Kier molecular flexibility index (Phi) is 6.18. The van der Waals surface area contributed by atoms with Gasteiger partial charge in [-0.1, -0.05) is 72.8 Å². The summed E-state index contributed by atoms with van der Waals surface area (Å²) in [5.74, 6) is -0.904. The van der Waals surface area contributed by atoms with E-state index in [1.165, 1.54) is 17.0 Å². The van der Waals surface area contributed by atoms with Gasteiger partial charge in [-0.3, -0.25) is 9.59 Å². The number of amides is 2. The SMILES string of the molecule is Cn1c(-c2ccccc2)c(C2c3ccccc3C(=O)N2CC(=O)Nc2cccc(C(F)(F)F)c2)c2ccccc21. The van der Waals surface area contributed by atoms with Crippen molar-refractivity contribution in [2.24, 2.45) is 7.05 Å². The molecule has 0 saturated carbocycles. The smallest absolute Gasteiger partial charge is 0.343 e. The van der Waals surface area contributed by atoms with Crippen molar-refractivity contribution in [1.82, 2.24) is 9.47 Å². The highest BCUT2D eigenvalue weighted by molar-refractivity contribution is 6.05. The van der Waals surface area contributed by atoms with Crippen molar-refractivity contribution in [2.45, 2.75) is 12.2 Å². The molecule has 1 aliphatic rings. The van der Waals surface area contributed by atoms with Gasteiger partial charge < -0.3 is 14.8 Å². The minimum Gasteiger partial charge on any atom is -0.343 e. The number of anilines is 1. The first-order valence-corrected chi connectivity index (χ1v) is 12.7. The molecule has 0 saturated heterocycles. The third-order valence-corrected chi connectivity index (χ3v) is 7.31. The number of rotatable bonds is 5. The molecule has 1 aromatic heterocycles. The van der Waals surface area contributed by atoms with Crippen molar-refractivity contribution in [2.75, 3.05) is 11.9 Å². The van der Waals surface area contributed by atoms with Crippen molar-refractivity contribution >= 4 is 28.4 Å². The van der Waals surface area contributed by atoms with Crippen LogP contribution in [-0.4, -0.2) is 27.8 Å². The largest absolute Gasteiger partial charge is 0.416 e. The molecule has 5 aromatic rings. The van der Waals surface area contributed by atoms with Crippen LogP contribution in [-0.2, 0) is 18.0 Å². The number of para-hydroxylation sites is 1. The molecule has 0 spiro atoms. The van der Waals surface area contributed by atoms with Crippen LogP contribution in [0.3, 0.4) is 0 Å². The van der Waals surface area contributed by atoms with Gasteiger partial charge in [0.1, 0.15) is 6.54 Å². The van der Waals surface area contributed by atoms with Crippen LogP contribution in [0.5, 0.6) is 0 Å². The first-order chi connectivity index (χ1) is 19.2. The first kappa shape index (κ1) is 25.4. The number of halogens is 3. The van der Waals surface area contributed by atoms with Crippen LogP contribution < -0.4 is 5.32 Å². The van der Waals surface area contributed by atoms with Gasteiger partial charge in [-0.25, -0.2) is 0 Å². The fourth-order valence-corrected chi connectivity index (χ4v) is 5.62. The molecule has 6 rings (SSSR count). The number of aromatic nitrogens is 1. The van der Waals surface area contributed by atoms with Gasteiger partial charge in [0.05, 0.1) is 17.3 Å². The number of hydrogen-bond donors (Lipinski definition) is 1. The summed E-state index contributed by atoms with van der Waals surface area (Å²) in [5.41, 5.74) is 4.14. The summed E-state index contributed by atoms with van der Waals surface area (Å²) in [4.78, 5) is 28.5. The molecule has 2 heterocycles. The lowest BCUT2D eigenvalue weighted by molar-refractivity contribution is -0.137. The fraction of sp³-hybridized carbons (Fsp3) is 0.125. The fourth-order valence-electron chi connectivity index (χ4n) is 5.62. The molecule has 5 nitrogen and oxygen atoms in total. The van der Waals surface area contributed by atoms with Gasteiger partial charge in [0, 0.05) is 34.8 Å². The standard InChI is InChI=1S/C32H24F3N3O2/c1-37-26-17-8-7-16-25(26)28(29(37)20-10-3-2-4-11-20)30-23-14-5-6-15-24(23)31(40)38(30)19-27(39)36-22-13-9-12-21(18-22)32(33,34)35/h2-18,30H,19H2,1H3,(H,36,39). The first-order valence-electron chi connectivity index (χ1n) is 12.7. The topological polar surface area (TPSA) is 54.3 Å². The summed E-state index contributed by atoms with van der Waals surface area (Å²) in [6.45, 7) is -0.341. The van der Waals surface area contributed by atoms with E-state index in [2.05, 4.69) is 9.88 Å². The van der Waals surface area contributed by atoms with E-state index >= 15 is 0 Å². The molecule has 2 amide bonds. The summed E-state index contributed by atoms with van der Waals surface area (Å²) in [7, 11) is 1.97. The predicted molar refractivity (Wildman–Crippen MR) is 148 cm³/mol. The van der Waals surface area contributed by atoms with Crippen LogP contribution in [0.4, 0.5) is 18.9 Å². The van der Waals surface area contributed by atoms with Crippen LogP contribution in [0.2, 0.25) is 0 Å². The second-order valence-electron chi connectivity index (χ2n) is 9.75. The lowest BCUT2D eigenvalue weighted by Crippen LogP contribution is -2.36. The summed E-state index contributed by atoms with van der Waals surface area (Å²) in [6.07, 6.45) is -4.54.